The molecule has 0 spiro atoms. The van der Waals surface area contributed by atoms with E-state index in [1.54, 1.807) is 19.9 Å². The van der Waals surface area contributed by atoms with Crippen molar-refractivity contribution in [1.82, 2.24) is 10.2 Å². The van der Waals surface area contributed by atoms with Gasteiger partial charge in [0.05, 0.1) is 24.2 Å². The molecule has 0 bridgehead atoms. The van der Waals surface area contributed by atoms with Gasteiger partial charge < -0.3 is 19.6 Å². The number of likely N-dealkylation sites (tertiary alicyclic amines) is 1. The molecule has 0 amide bonds. The summed E-state index contributed by atoms with van der Waals surface area (Å²) in [4.78, 5) is 56.5. The van der Waals surface area contributed by atoms with E-state index in [1.807, 2.05) is 11.8 Å². The predicted octanol–water partition coefficient (Wildman–Crippen LogP) is 4.42. The van der Waals surface area contributed by atoms with Crippen molar-refractivity contribution in [3.05, 3.63) is 97.0 Å². The first-order valence-electron chi connectivity index (χ1n) is 14.2. The first-order chi connectivity index (χ1) is 20.9. The van der Waals surface area contributed by atoms with Gasteiger partial charge in [0, 0.05) is 36.8 Å². The molecule has 0 saturated carbocycles. The molecule has 1 saturated heterocycles. The van der Waals surface area contributed by atoms with Crippen LogP contribution in [0.1, 0.15) is 56.8 Å². The molecule has 44 heavy (non-hydrogen) atoms. The van der Waals surface area contributed by atoms with Crippen LogP contribution in [0.4, 0.5) is 10.1 Å². The Kier molecular flexibility index (Phi) is 9.82. The van der Waals surface area contributed by atoms with Gasteiger partial charge in [-0.05, 0) is 62.8 Å². The van der Waals surface area contributed by atoms with E-state index < -0.39 is 51.4 Å². The molecule has 2 aliphatic heterocycles. The largest absolute Gasteiger partial charge is 0.466 e. The molecule has 0 radical (unpaired) electrons. The summed E-state index contributed by atoms with van der Waals surface area (Å²) in [5.74, 6) is -4.10. The van der Waals surface area contributed by atoms with Crippen LogP contribution >= 0.6 is 0 Å². The molecule has 1 N–H and O–H groups in total. The molecule has 4 unspecified atom stereocenters. The fraction of sp³-hybridized carbons (Fsp3) is 0.467. The first-order valence-corrected chi connectivity index (χ1v) is 14.2. The Morgan fingerprint density at radius 2 is 1.80 bits per heavy atom. The number of carbonyl (C=O) groups is 2. The van der Waals surface area contributed by atoms with Crippen LogP contribution in [0.2, 0.25) is 0 Å². The van der Waals surface area contributed by atoms with Crippen LogP contribution in [0.25, 0.3) is 0 Å². The maximum absolute atomic E-state index is 13.8. The summed E-state index contributed by atoms with van der Waals surface area (Å²) in [6.45, 7) is 5.94. The van der Waals surface area contributed by atoms with E-state index in [-0.39, 0.29) is 23.8 Å². The molecule has 0 aromatic heterocycles. The van der Waals surface area contributed by atoms with Crippen LogP contribution in [0.3, 0.4) is 0 Å². The van der Waals surface area contributed by atoms with Crippen molar-refractivity contribution in [3.63, 3.8) is 0 Å². The quantitative estimate of drug-likeness (QED) is 0.229. The second-order valence-corrected chi connectivity index (χ2v) is 11.0. The lowest BCUT2D eigenvalue weighted by molar-refractivity contribution is -0.773. The lowest BCUT2D eigenvalue weighted by Gasteiger charge is -2.54. The second-order valence-electron chi connectivity index (χ2n) is 11.0. The van der Waals surface area contributed by atoms with Crippen LogP contribution in [-0.4, -0.2) is 59.3 Å². The number of allylic oxidation sites excluding steroid dienone is 1. The number of ether oxygens (including phenoxy) is 2. The fourth-order valence-corrected chi connectivity index (χ4v) is 6.53. The fourth-order valence-electron chi connectivity index (χ4n) is 6.53. The normalized spacial score (nSPS) is 23.3. The van der Waals surface area contributed by atoms with Gasteiger partial charge in [0.15, 0.2) is 0 Å². The lowest BCUT2D eigenvalue weighted by Crippen LogP contribution is -2.68. The summed E-state index contributed by atoms with van der Waals surface area (Å²) < 4.78 is 24.2. The van der Waals surface area contributed by atoms with Gasteiger partial charge in [0.1, 0.15) is 23.5 Å². The Morgan fingerprint density at radius 3 is 2.36 bits per heavy atom. The number of esters is 2. The lowest BCUT2D eigenvalue weighted by atomic mass is 9.69. The average Bonchev–Trinajstić information content (AvgIpc) is 2.99. The molecule has 236 valence electrons. The molecule has 4 rings (SSSR count). The summed E-state index contributed by atoms with van der Waals surface area (Å²) in [5, 5.41) is 25.5. The monoisotopic (exact) mass is 614 g/mol. The molecule has 0 aliphatic carbocycles. The van der Waals surface area contributed by atoms with Crippen molar-refractivity contribution < 1.29 is 38.3 Å². The van der Waals surface area contributed by atoms with Gasteiger partial charge in [0.25, 0.3) is 10.8 Å². The van der Waals surface area contributed by atoms with Crippen LogP contribution < -0.4 is 5.32 Å². The zero-order valence-electron chi connectivity index (χ0n) is 24.9. The van der Waals surface area contributed by atoms with E-state index in [0.29, 0.717) is 42.8 Å². The van der Waals surface area contributed by atoms with E-state index in [0.717, 1.165) is 0 Å². The summed E-state index contributed by atoms with van der Waals surface area (Å²) in [5.41, 5.74) is 0.0680. The maximum Gasteiger partial charge on any atom is 0.336 e. The van der Waals surface area contributed by atoms with Crippen LogP contribution in [0.5, 0.6) is 0 Å². The highest BCUT2D eigenvalue weighted by molar-refractivity contribution is 5.93. The molecule has 2 heterocycles. The van der Waals surface area contributed by atoms with E-state index in [9.17, 15) is 34.2 Å². The zero-order valence-corrected chi connectivity index (χ0v) is 24.9. The number of methoxy groups -OCH3 is 1. The summed E-state index contributed by atoms with van der Waals surface area (Å²) in [6.07, 6.45) is -0.0703. The number of halogens is 1. The standard InChI is InChI=1S/C30H35FN4O9/c1-5-43-29(37)26-25(21-7-6-8-23(17-21)34(38)39)24(28(36)42-4)18(2)32-30(26,3)33-15-13-20(14-16-33)27(44-35(40)41)19-9-11-22(31)12-10-19/h6-12,17,20,25-27,32H,5,13-16H2,1-4H3. The summed E-state index contributed by atoms with van der Waals surface area (Å²) >= 11 is 0. The Labute approximate surface area is 253 Å². The van der Waals surface area contributed by atoms with Gasteiger partial charge >= 0.3 is 11.9 Å². The molecular formula is C30H35FN4O9. The Morgan fingerprint density at radius 1 is 1.14 bits per heavy atom. The van der Waals surface area contributed by atoms with Crippen molar-refractivity contribution in [3.8, 4) is 0 Å². The minimum Gasteiger partial charge on any atom is -0.466 e. The number of nitro groups is 1. The number of hydrogen-bond donors (Lipinski definition) is 1. The number of benzene rings is 2. The van der Waals surface area contributed by atoms with Gasteiger partial charge in [-0.2, -0.15) is 0 Å². The van der Waals surface area contributed by atoms with Gasteiger partial charge in [-0.25, -0.2) is 9.18 Å². The molecule has 2 aromatic rings. The number of nitro benzene ring substituents is 1. The number of nitrogens with one attached hydrogen (secondary N) is 1. The molecule has 14 heteroatoms. The minimum atomic E-state index is -1.15. The molecule has 2 aliphatic rings. The van der Waals surface area contributed by atoms with Gasteiger partial charge in [-0.15, -0.1) is 10.1 Å². The van der Waals surface area contributed by atoms with Crippen molar-refractivity contribution in [1.29, 1.82) is 0 Å². The summed E-state index contributed by atoms with van der Waals surface area (Å²) in [7, 11) is 1.22. The summed E-state index contributed by atoms with van der Waals surface area (Å²) in [6, 6.07) is 11.2. The van der Waals surface area contributed by atoms with Crippen LogP contribution in [0, 0.1) is 37.9 Å². The topological polar surface area (TPSA) is 163 Å². The predicted molar refractivity (Wildman–Crippen MR) is 154 cm³/mol. The third-order valence-corrected chi connectivity index (χ3v) is 8.50. The van der Waals surface area contributed by atoms with Crippen molar-refractivity contribution in [2.75, 3.05) is 26.8 Å². The number of carbonyl (C=O) groups excluding carboxylic acids is 2. The Bertz CT molecular complexity index is 1440. The van der Waals surface area contributed by atoms with Crippen molar-refractivity contribution in [2.24, 2.45) is 11.8 Å². The molecular weight excluding hydrogens is 579 g/mol. The number of piperidine rings is 1. The SMILES string of the molecule is CCOC(=O)C1C(c2cccc([N+](=O)[O-])c2)C(C(=O)OC)=C(C)NC1(C)N1CCC(C(O[N+](=O)[O-])c2ccc(F)cc2)CC1. The smallest absolute Gasteiger partial charge is 0.336 e. The van der Waals surface area contributed by atoms with E-state index in [4.69, 9.17) is 14.3 Å². The number of rotatable bonds is 10. The van der Waals surface area contributed by atoms with Gasteiger partial charge in [-0.1, -0.05) is 24.3 Å². The third kappa shape index (κ3) is 6.49. The number of hydrogen-bond acceptors (Lipinski definition) is 11. The van der Waals surface area contributed by atoms with Gasteiger partial charge in [0.2, 0.25) is 0 Å². The van der Waals surface area contributed by atoms with E-state index in [1.165, 1.54) is 49.6 Å². The highest BCUT2D eigenvalue weighted by atomic mass is 19.1. The maximum atomic E-state index is 13.8. The third-order valence-electron chi connectivity index (χ3n) is 8.50. The molecule has 1 fully saturated rings. The minimum absolute atomic E-state index is 0.0585. The molecule has 2 aromatic carbocycles. The molecule has 13 nitrogen and oxygen atoms in total. The average molecular weight is 615 g/mol. The first kappa shape index (κ1) is 32.3. The highest BCUT2D eigenvalue weighted by Gasteiger charge is 2.55. The molecule has 4 atom stereocenters. The number of nitrogens with zero attached hydrogens (tertiary/aromatic N) is 3. The van der Waals surface area contributed by atoms with Crippen molar-refractivity contribution >= 4 is 17.6 Å². The Hall–Kier alpha value is -4.59. The van der Waals surface area contributed by atoms with Crippen molar-refractivity contribution in [2.45, 2.75) is 51.3 Å². The van der Waals surface area contributed by atoms with E-state index >= 15 is 0 Å². The number of non-ortho nitro benzene ring substituents is 1. The van der Waals surface area contributed by atoms with Crippen LogP contribution in [-0.2, 0) is 23.9 Å². The Balaban J connectivity index is 1.74. The second kappa shape index (κ2) is 13.4. The zero-order chi connectivity index (χ0) is 32.2. The van der Waals surface area contributed by atoms with Crippen LogP contribution in [0.15, 0.2) is 59.8 Å². The van der Waals surface area contributed by atoms with E-state index in [2.05, 4.69) is 5.32 Å². The van der Waals surface area contributed by atoms with Gasteiger partial charge in [-0.3, -0.25) is 19.8 Å². The highest BCUT2D eigenvalue weighted by Crippen LogP contribution is 2.47.